The Kier molecular flexibility index (Phi) is 12.7. The molecule has 7 heteroatoms. The predicted molar refractivity (Wildman–Crippen MR) is 154 cm³/mol. The van der Waals surface area contributed by atoms with Crippen molar-refractivity contribution in [2.45, 2.75) is 78.4 Å². The van der Waals surface area contributed by atoms with E-state index in [1.54, 1.807) is 26.2 Å². The molecule has 1 unspecified atom stereocenters. The molecular weight excluding hydrogens is 492 g/mol. The number of rotatable bonds is 17. The van der Waals surface area contributed by atoms with E-state index in [-0.39, 0.29) is 12.6 Å². The molecule has 0 aliphatic heterocycles. The van der Waals surface area contributed by atoms with E-state index < -0.39 is 12.2 Å². The first-order valence-electron chi connectivity index (χ1n) is 14.1. The molecule has 0 aliphatic rings. The lowest BCUT2D eigenvalue weighted by Gasteiger charge is -2.17. The van der Waals surface area contributed by atoms with Crippen LogP contribution in [0.1, 0.15) is 66.2 Å². The molecule has 3 rings (SSSR count). The molecule has 0 amide bonds. The number of hydrogen-bond acceptors (Lipinski definition) is 7. The molecule has 0 fully saturated rings. The van der Waals surface area contributed by atoms with Crippen molar-refractivity contribution in [1.82, 2.24) is 9.97 Å². The van der Waals surface area contributed by atoms with Gasteiger partial charge in [-0.3, -0.25) is 0 Å². The van der Waals surface area contributed by atoms with Crippen molar-refractivity contribution in [3.05, 3.63) is 60.9 Å². The fraction of sp³-hybridized carbons (Fsp3) is 0.469. The van der Waals surface area contributed by atoms with Gasteiger partial charge >= 0.3 is 5.97 Å². The molecule has 2 atom stereocenters. The molecule has 0 saturated heterocycles. The highest BCUT2D eigenvalue weighted by Gasteiger charge is 2.18. The molecule has 0 bridgehead atoms. The monoisotopic (exact) mass is 534 g/mol. The molecular formula is C32H42N2O5. The molecule has 0 radical (unpaired) electrons. The summed E-state index contributed by atoms with van der Waals surface area (Å²) in [6.07, 6.45) is 8.83. The van der Waals surface area contributed by atoms with Crippen LogP contribution >= 0.6 is 0 Å². The van der Waals surface area contributed by atoms with E-state index in [1.165, 1.54) is 12.8 Å². The first kappa shape index (κ1) is 30.1. The minimum atomic E-state index is -0.591. The maximum Gasteiger partial charge on any atom is 0.335 e. The van der Waals surface area contributed by atoms with Crippen LogP contribution in [0, 0.1) is 0 Å². The Morgan fingerprint density at radius 2 is 1.33 bits per heavy atom. The number of carbonyl (C=O) groups excluding carboxylic acids is 1. The van der Waals surface area contributed by atoms with Crippen molar-refractivity contribution in [2.75, 3.05) is 19.8 Å². The van der Waals surface area contributed by atoms with Crippen LogP contribution in [0.2, 0.25) is 0 Å². The van der Waals surface area contributed by atoms with E-state index in [2.05, 4.69) is 48.1 Å². The minimum Gasteiger partial charge on any atom is -0.494 e. The van der Waals surface area contributed by atoms with E-state index in [1.807, 2.05) is 24.3 Å². The van der Waals surface area contributed by atoms with E-state index in [0.29, 0.717) is 18.2 Å². The minimum absolute atomic E-state index is 0.203. The molecule has 3 aromatic rings. The van der Waals surface area contributed by atoms with Gasteiger partial charge in [-0.25, -0.2) is 14.8 Å². The quantitative estimate of drug-likeness (QED) is 0.133. The average Bonchev–Trinajstić information content (AvgIpc) is 2.97. The number of esters is 1. The lowest BCUT2D eigenvalue weighted by Crippen LogP contribution is -2.30. The van der Waals surface area contributed by atoms with Crippen molar-refractivity contribution < 1.29 is 23.7 Å². The highest BCUT2D eigenvalue weighted by atomic mass is 16.6. The standard InChI is InChI=1S/C32H42N2O5/c1-5-7-9-10-20-36-25(4)32(35)39-24(3)23-38-30-21-33-31(34-22-30)28-13-11-26(12-14-28)27-15-17-29(18-16-27)37-19-8-6-2/h11-18,21-22,24-25H,5-10,19-20,23H2,1-4H3/t24-,25?/m0/s1. The Morgan fingerprint density at radius 1 is 0.718 bits per heavy atom. The van der Waals surface area contributed by atoms with Gasteiger partial charge in [0.1, 0.15) is 18.5 Å². The second-order valence-corrected chi connectivity index (χ2v) is 9.68. The third-order valence-electron chi connectivity index (χ3n) is 6.23. The predicted octanol–water partition coefficient (Wildman–Crippen LogP) is 7.29. The number of aromatic nitrogens is 2. The first-order chi connectivity index (χ1) is 19.0. The van der Waals surface area contributed by atoms with Gasteiger partial charge in [0.15, 0.2) is 17.7 Å². The van der Waals surface area contributed by atoms with Gasteiger partial charge in [0, 0.05) is 12.2 Å². The van der Waals surface area contributed by atoms with Crippen LogP contribution in [0.15, 0.2) is 60.9 Å². The van der Waals surface area contributed by atoms with E-state index in [4.69, 9.17) is 18.9 Å². The number of benzene rings is 2. The SMILES string of the molecule is CCCCCCOC(C)C(=O)O[C@@H](C)COc1cnc(-c2ccc(-c3ccc(OCCCC)cc3)cc2)nc1. The molecule has 210 valence electrons. The maximum atomic E-state index is 12.2. The van der Waals surface area contributed by atoms with Crippen LogP contribution in [0.25, 0.3) is 22.5 Å². The van der Waals surface area contributed by atoms with Crippen LogP contribution in [-0.4, -0.2) is 48.0 Å². The molecule has 0 saturated carbocycles. The molecule has 7 nitrogen and oxygen atoms in total. The molecule has 39 heavy (non-hydrogen) atoms. The van der Waals surface area contributed by atoms with Crippen molar-refractivity contribution in [1.29, 1.82) is 0 Å². The Hall–Kier alpha value is -3.45. The van der Waals surface area contributed by atoms with Gasteiger partial charge in [0.2, 0.25) is 0 Å². The summed E-state index contributed by atoms with van der Waals surface area (Å²) >= 11 is 0. The molecule has 0 N–H and O–H groups in total. The van der Waals surface area contributed by atoms with Crippen LogP contribution in [0.3, 0.4) is 0 Å². The van der Waals surface area contributed by atoms with Crippen molar-refractivity contribution in [3.63, 3.8) is 0 Å². The Morgan fingerprint density at radius 3 is 1.97 bits per heavy atom. The fourth-order valence-electron chi connectivity index (χ4n) is 3.83. The van der Waals surface area contributed by atoms with Crippen LogP contribution in [0.5, 0.6) is 11.5 Å². The maximum absolute atomic E-state index is 12.2. The van der Waals surface area contributed by atoms with Gasteiger partial charge in [0.25, 0.3) is 0 Å². The highest BCUT2D eigenvalue weighted by Crippen LogP contribution is 2.25. The van der Waals surface area contributed by atoms with Crippen molar-refractivity contribution >= 4 is 5.97 Å². The largest absolute Gasteiger partial charge is 0.494 e. The number of unbranched alkanes of at least 4 members (excludes halogenated alkanes) is 4. The zero-order valence-corrected chi connectivity index (χ0v) is 23.7. The zero-order valence-electron chi connectivity index (χ0n) is 23.7. The normalized spacial score (nSPS) is 12.5. The van der Waals surface area contributed by atoms with E-state index in [0.717, 1.165) is 54.7 Å². The average molecular weight is 535 g/mol. The van der Waals surface area contributed by atoms with Gasteiger partial charge in [0.05, 0.1) is 19.0 Å². The summed E-state index contributed by atoms with van der Waals surface area (Å²) in [5, 5.41) is 0. The van der Waals surface area contributed by atoms with Crippen LogP contribution < -0.4 is 9.47 Å². The van der Waals surface area contributed by atoms with Gasteiger partial charge in [-0.2, -0.15) is 0 Å². The lowest BCUT2D eigenvalue weighted by atomic mass is 10.0. The molecule has 2 aromatic carbocycles. The second-order valence-electron chi connectivity index (χ2n) is 9.68. The summed E-state index contributed by atoms with van der Waals surface area (Å²) in [5.74, 6) is 1.63. The zero-order chi connectivity index (χ0) is 27.9. The summed E-state index contributed by atoms with van der Waals surface area (Å²) in [4.78, 5) is 21.1. The first-order valence-corrected chi connectivity index (χ1v) is 14.1. The number of carbonyl (C=O) groups is 1. The topological polar surface area (TPSA) is 79.8 Å². The smallest absolute Gasteiger partial charge is 0.335 e. The summed E-state index contributed by atoms with van der Waals surface area (Å²) in [6, 6.07) is 16.3. The highest BCUT2D eigenvalue weighted by molar-refractivity contribution is 5.74. The van der Waals surface area contributed by atoms with E-state index >= 15 is 0 Å². The summed E-state index contributed by atoms with van der Waals surface area (Å²) in [5.41, 5.74) is 3.14. The Bertz CT molecular complexity index is 1100. The van der Waals surface area contributed by atoms with Gasteiger partial charge in [-0.1, -0.05) is 75.9 Å². The third-order valence-corrected chi connectivity index (χ3v) is 6.23. The summed E-state index contributed by atoms with van der Waals surface area (Å²) in [7, 11) is 0. The van der Waals surface area contributed by atoms with Gasteiger partial charge in [-0.15, -0.1) is 0 Å². The van der Waals surface area contributed by atoms with Crippen LogP contribution in [0.4, 0.5) is 0 Å². The van der Waals surface area contributed by atoms with Crippen molar-refractivity contribution in [2.24, 2.45) is 0 Å². The van der Waals surface area contributed by atoms with Crippen LogP contribution in [-0.2, 0) is 14.3 Å². The van der Waals surface area contributed by atoms with Gasteiger partial charge in [-0.05, 0) is 49.9 Å². The Balaban J connectivity index is 1.44. The summed E-state index contributed by atoms with van der Waals surface area (Å²) in [6.45, 7) is 9.33. The molecule has 0 aliphatic carbocycles. The molecule has 0 spiro atoms. The number of hydrogen-bond donors (Lipinski definition) is 0. The Labute approximate surface area is 232 Å². The van der Waals surface area contributed by atoms with Gasteiger partial charge < -0.3 is 18.9 Å². The van der Waals surface area contributed by atoms with E-state index in [9.17, 15) is 4.79 Å². The van der Waals surface area contributed by atoms with Crippen molar-refractivity contribution in [3.8, 4) is 34.0 Å². The number of nitrogens with zero attached hydrogens (tertiary/aromatic N) is 2. The molecule has 1 aromatic heterocycles. The third kappa shape index (κ3) is 10.3. The second kappa shape index (κ2) is 16.5. The summed E-state index contributed by atoms with van der Waals surface area (Å²) < 4.78 is 22.5. The lowest BCUT2D eigenvalue weighted by molar-refractivity contribution is -0.162. The fourth-order valence-corrected chi connectivity index (χ4v) is 3.83. The molecule has 1 heterocycles. The number of ether oxygens (including phenoxy) is 4.